The molecule has 1 saturated carbocycles. The zero-order valence-electron chi connectivity index (χ0n) is 15.8. The van der Waals surface area contributed by atoms with Crippen molar-refractivity contribution in [1.29, 1.82) is 0 Å². The molecule has 2 N–H and O–H groups in total. The van der Waals surface area contributed by atoms with Gasteiger partial charge in [0.15, 0.2) is 0 Å². The van der Waals surface area contributed by atoms with Crippen LogP contribution in [0.3, 0.4) is 0 Å². The molecule has 6 nitrogen and oxygen atoms in total. The van der Waals surface area contributed by atoms with Crippen molar-refractivity contribution in [3.8, 4) is 5.75 Å². The highest BCUT2D eigenvalue weighted by atomic mass is 16.5. The van der Waals surface area contributed by atoms with Crippen molar-refractivity contribution in [2.45, 2.75) is 44.6 Å². The van der Waals surface area contributed by atoms with Crippen LogP contribution in [0.2, 0.25) is 0 Å². The third kappa shape index (κ3) is 3.53. The number of methoxy groups -OCH3 is 1. The monoisotopic (exact) mass is 369 g/mol. The fourth-order valence-corrected chi connectivity index (χ4v) is 4.47. The molecule has 1 aliphatic carbocycles. The first-order valence-corrected chi connectivity index (χ1v) is 9.93. The summed E-state index contributed by atoms with van der Waals surface area (Å²) in [5, 5.41) is 4.02. The van der Waals surface area contributed by atoms with E-state index in [2.05, 4.69) is 10.3 Å². The first-order valence-electron chi connectivity index (χ1n) is 9.93. The average Bonchev–Trinajstić information content (AvgIpc) is 3.33. The summed E-state index contributed by atoms with van der Waals surface area (Å²) in [6.45, 7) is 1.46. The molecule has 0 unspecified atom stereocenters. The Kier molecular flexibility index (Phi) is 5.05. The van der Waals surface area contributed by atoms with Gasteiger partial charge in [-0.2, -0.15) is 0 Å². The number of fused-ring (bicyclic) bond motifs is 2. The summed E-state index contributed by atoms with van der Waals surface area (Å²) < 4.78 is 5.28. The van der Waals surface area contributed by atoms with Gasteiger partial charge in [-0.1, -0.05) is 6.42 Å². The number of ether oxygens (including phenoxy) is 1. The molecule has 27 heavy (non-hydrogen) atoms. The molecule has 1 saturated heterocycles. The van der Waals surface area contributed by atoms with E-state index >= 15 is 0 Å². The molecule has 2 aliphatic rings. The van der Waals surface area contributed by atoms with E-state index in [0.717, 1.165) is 61.7 Å². The van der Waals surface area contributed by atoms with Crippen molar-refractivity contribution in [3.05, 3.63) is 30.0 Å². The molecule has 1 aromatic carbocycles. The number of amides is 2. The maximum atomic E-state index is 13.4. The number of nitrogens with one attached hydrogen (secondary N) is 2. The fraction of sp³-hybridized carbons (Fsp3) is 0.524. The van der Waals surface area contributed by atoms with Crippen LogP contribution in [0, 0.1) is 5.92 Å². The Bertz CT molecular complexity index is 844. The van der Waals surface area contributed by atoms with Gasteiger partial charge in [-0.05, 0) is 56.4 Å². The Morgan fingerprint density at radius 1 is 1.15 bits per heavy atom. The van der Waals surface area contributed by atoms with E-state index in [0.29, 0.717) is 12.2 Å². The third-order valence-electron chi connectivity index (χ3n) is 5.91. The van der Waals surface area contributed by atoms with E-state index in [4.69, 9.17) is 4.74 Å². The molecule has 2 atom stereocenters. The van der Waals surface area contributed by atoms with Crippen LogP contribution in [0.25, 0.3) is 10.9 Å². The highest BCUT2D eigenvalue weighted by Gasteiger charge is 2.39. The van der Waals surface area contributed by atoms with Gasteiger partial charge in [0.1, 0.15) is 11.4 Å². The van der Waals surface area contributed by atoms with Crippen LogP contribution in [0.4, 0.5) is 0 Å². The molecule has 6 heteroatoms. The summed E-state index contributed by atoms with van der Waals surface area (Å²) in [5.41, 5.74) is 1.50. The summed E-state index contributed by atoms with van der Waals surface area (Å²) >= 11 is 0. The number of carbonyl (C=O) groups is 2. The van der Waals surface area contributed by atoms with Crippen molar-refractivity contribution in [1.82, 2.24) is 15.2 Å². The second-order valence-corrected chi connectivity index (χ2v) is 7.59. The smallest absolute Gasteiger partial charge is 0.270 e. The van der Waals surface area contributed by atoms with E-state index in [9.17, 15) is 9.59 Å². The molecule has 2 fully saturated rings. The van der Waals surface area contributed by atoms with Gasteiger partial charge in [-0.3, -0.25) is 9.59 Å². The molecule has 0 radical (unpaired) electrons. The van der Waals surface area contributed by atoms with Gasteiger partial charge in [-0.15, -0.1) is 0 Å². The van der Waals surface area contributed by atoms with Gasteiger partial charge >= 0.3 is 0 Å². The van der Waals surface area contributed by atoms with Crippen LogP contribution in [0.1, 0.15) is 49.0 Å². The van der Waals surface area contributed by atoms with E-state index in [-0.39, 0.29) is 23.8 Å². The second-order valence-electron chi connectivity index (χ2n) is 7.59. The van der Waals surface area contributed by atoms with Crippen LogP contribution in [-0.4, -0.2) is 47.9 Å². The lowest BCUT2D eigenvalue weighted by molar-refractivity contribution is -0.126. The number of carbonyl (C=O) groups excluding carboxylic acids is 2. The van der Waals surface area contributed by atoms with Crippen LogP contribution in [0.5, 0.6) is 5.75 Å². The maximum Gasteiger partial charge on any atom is 0.270 e. The van der Waals surface area contributed by atoms with Gasteiger partial charge in [0, 0.05) is 30.0 Å². The Balaban J connectivity index is 1.64. The van der Waals surface area contributed by atoms with Crippen molar-refractivity contribution in [3.63, 3.8) is 0 Å². The first-order chi connectivity index (χ1) is 13.2. The molecule has 1 aromatic heterocycles. The third-order valence-corrected chi connectivity index (χ3v) is 5.91. The number of nitrogens with zero attached hydrogens (tertiary/aromatic N) is 1. The zero-order chi connectivity index (χ0) is 18.8. The molecule has 2 amide bonds. The number of H-pyrrole nitrogens is 1. The summed E-state index contributed by atoms with van der Waals surface area (Å²) in [5.74, 6) is 0.789. The zero-order valence-corrected chi connectivity index (χ0v) is 15.8. The Hall–Kier alpha value is -2.50. The number of hydrogen-bond acceptors (Lipinski definition) is 3. The van der Waals surface area contributed by atoms with Gasteiger partial charge in [0.05, 0.1) is 13.0 Å². The maximum absolute atomic E-state index is 13.4. The first kappa shape index (κ1) is 17.9. The lowest BCUT2D eigenvalue weighted by atomic mass is 9.99. The van der Waals surface area contributed by atoms with Crippen LogP contribution in [0.15, 0.2) is 24.3 Å². The normalized spacial score (nSPS) is 23.7. The number of aromatic nitrogens is 1. The molecule has 4 rings (SSSR count). The SMILES string of the molecule is COc1ccc2[nH]c(C(=O)N3CCCCCNC(=O)[C@@H]4CCC[C@@H]43)cc2c1. The molecular weight excluding hydrogens is 342 g/mol. The van der Waals surface area contributed by atoms with Crippen molar-refractivity contribution < 1.29 is 14.3 Å². The number of rotatable bonds is 2. The topological polar surface area (TPSA) is 74.4 Å². The molecule has 0 spiro atoms. The van der Waals surface area contributed by atoms with Gasteiger partial charge in [0.2, 0.25) is 5.91 Å². The lowest BCUT2D eigenvalue weighted by Crippen LogP contribution is -2.48. The van der Waals surface area contributed by atoms with Gasteiger partial charge < -0.3 is 19.9 Å². The minimum atomic E-state index is -0.0866. The van der Waals surface area contributed by atoms with E-state index in [1.807, 2.05) is 29.2 Å². The van der Waals surface area contributed by atoms with Crippen molar-refractivity contribution in [2.75, 3.05) is 20.2 Å². The summed E-state index contributed by atoms with van der Waals surface area (Å²) in [6, 6.07) is 7.63. The quantitative estimate of drug-likeness (QED) is 0.854. The van der Waals surface area contributed by atoms with Crippen LogP contribution >= 0.6 is 0 Å². The van der Waals surface area contributed by atoms with E-state index in [1.54, 1.807) is 7.11 Å². The molecule has 2 heterocycles. The van der Waals surface area contributed by atoms with E-state index in [1.165, 1.54) is 0 Å². The molecule has 144 valence electrons. The van der Waals surface area contributed by atoms with E-state index < -0.39 is 0 Å². The largest absolute Gasteiger partial charge is 0.497 e. The van der Waals surface area contributed by atoms with Gasteiger partial charge in [0.25, 0.3) is 5.91 Å². The number of hydrogen-bond donors (Lipinski definition) is 2. The Morgan fingerprint density at radius 3 is 2.89 bits per heavy atom. The Morgan fingerprint density at radius 2 is 2.04 bits per heavy atom. The minimum absolute atomic E-state index is 0.00320. The molecule has 0 bridgehead atoms. The summed E-state index contributed by atoms with van der Waals surface area (Å²) in [7, 11) is 1.64. The Labute approximate surface area is 159 Å². The highest BCUT2D eigenvalue weighted by Crippen LogP contribution is 2.32. The van der Waals surface area contributed by atoms with Crippen LogP contribution < -0.4 is 10.1 Å². The van der Waals surface area contributed by atoms with Gasteiger partial charge in [-0.25, -0.2) is 0 Å². The number of aromatic amines is 1. The summed E-state index contributed by atoms with van der Waals surface area (Å²) in [6.07, 6.45) is 5.72. The highest BCUT2D eigenvalue weighted by molar-refractivity contribution is 5.98. The molecule has 2 aromatic rings. The minimum Gasteiger partial charge on any atom is -0.497 e. The second kappa shape index (κ2) is 7.62. The van der Waals surface area contributed by atoms with Crippen molar-refractivity contribution >= 4 is 22.7 Å². The standard InChI is InChI=1S/C21H27N3O3/c1-27-15-8-9-17-14(12-15)13-18(23-17)21(26)24-11-4-2-3-10-22-20(25)16-6-5-7-19(16)24/h8-9,12-13,16,19,23H,2-7,10-11H2,1H3,(H,22,25)/t16-,19+/m1/s1. The lowest BCUT2D eigenvalue weighted by Gasteiger charge is -2.33. The molecular formula is C21H27N3O3. The average molecular weight is 369 g/mol. The predicted octanol–water partition coefficient (Wildman–Crippen LogP) is 3.09. The van der Waals surface area contributed by atoms with Crippen molar-refractivity contribution in [2.24, 2.45) is 5.92 Å². The predicted molar refractivity (Wildman–Crippen MR) is 104 cm³/mol. The summed E-state index contributed by atoms with van der Waals surface area (Å²) in [4.78, 5) is 31.1. The van der Waals surface area contributed by atoms with Crippen LogP contribution in [-0.2, 0) is 4.79 Å². The molecule has 1 aliphatic heterocycles. The fourth-order valence-electron chi connectivity index (χ4n) is 4.47. The number of benzene rings is 1.